The normalized spacial score (nSPS) is 24.7. The number of hydrogen-bond acceptors (Lipinski definition) is 5. The van der Waals surface area contributed by atoms with Gasteiger partial charge >= 0.3 is 0 Å². The topological polar surface area (TPSA) is 48.1 Å². The Hall–Kier alpha value is -0.690. The Morgan fingerprint density at radius 3 is 2.42 bits per heavy atom. The molecule has 0 radical (unpaired) electrons. The predicted molar refractivity (Wildman–Crippen MR) is 104 cm³/mol. The van der Waals surface area contributed by atoms with Crippen molar-refractivity contribution in [1.82, 2.24) is 20.0 Å². The van der Waals surface area contributed by atoms with E-state index in [4.69, 9.17) is 4.74 Å². The van der Waals surface area contributed by atoms with Crippen LogP contribution in [-0.2, 0) is 9.53 Å². The summed E-state index contributed by atoms with van der Waals surface area (Å²) in [6.45, 7) is 13.0. The van der Waals surface area contributed by atoms with Gasteiger partial charge in [-0.1, -0.05) is 6.92 Å². The number of rotatable bonds is 7. The monoisotopic (exact) mass is 366 g/mol. The van der Waals surface area contributed by atoms with E-state index < -0.39 is 0 Å². The lowest BCUT2D eigenvalue weighted by molar-refractivity contribution is -0.135. The van der Waals surface area contributed by atoms with Crippen molar-refractivity contribution >= 4 is 5.91 Å². The lowest BCUT2D eigenvalue weighted by atomic mass is 9.99. The summed E-state index contributed by atoms with van der Waals surface area (Å²) in [4.78, 5) is 20.2. The third kappa shape index (κ3) is 6.19. The van der Waals surface area contributed by atoms with E-state index in [-0.39, 0.29) is 0 Å². The second kappa shape index (κ2) is 10.6. The minimum absolute atomic E-state index is 0.355. The van der Waals surface area contributed by atoms with E-state index in [1.807, 2.05) is 0 Å². The van der Waals surface area contributed by atoms with Gasteiger partial charge in [0.2, 0.25) is 5.91 Å². The van der Waals surface area contributed by atoms with E-state index in [1.165, 1.54) is 12.8 Å². The zero-order valence-electron chi connectivity index (χ0n) is 16.6. The molecule has 1 N–H and O–H groups in total. The largest absolute Gasteiger partial charge is 0.379 e. The molecule has 150 valence electrons. The van der Waals surface area contributed by atoms with E-state index in [1.54, 1.807) is 0 Å². The Kier molecular flexibility index (Phi) is 8.17. The summed E-state index contributed by atoms with van der Waals surface area (Å²) in [5, 5.41) is 3.43. The number of nitrogens with one attached hydrogen (secondary N) is 1. The highest BCUT2D eigenvalue weighted by Crippen LogP contribution is 2.18. The maximum absolute atomic E-state index is 13.1. The summed E-state index contributed by atoms with van der Waals surface area (Å²) in [6.07, 6.45) is 5.74. The number of morpholine rings is 1. The lowest BCUT2D eigenvalue weighted by Crippen LogP contribution is -2.51. The SMILES string of the molecule is CC1CCN(CC(=O)N(CCCN2CCOCC2)C2CCNCC2)CC1. The fourth-order valence-corrected chi connectivity index (χ4v) is 4.42. The zero-order valence-corrected chi connectivity index (χ0v) is 16.6. The molecule has 6 heteroatoms. The molecular weight excluding hydrogens is 328 g/mol. The first kappa shape index (κ1) is 20.1. The van der Waals surface area contributed by atoms with Crippen molar-refractivity contribution in [2.24, 2.45) is 5.92 Å². The van der Waals surface area contributed by atoms with E-state index in [0.717, 1.165) is 90.8 Å². The molecular formula is C20H38N4O2. The smallest absolute Gasteiger partial charge is 0.236 e. The van der Waals surface area contributed by atoms with Gasteiger partial charge in [-0.2, -0.15) is 0 Å². The highest BCUT2D eigenvalue weighted by molar-refractivity contribution is 5.78. The Labute approximate surface area is 159 Å². The van der Waals surface area contributed by atoms with E-state index >= 15 is 0 Å². The molecule has 3 heterocycles. The number of amides is 1. The van der Waals surface area contributed by atoms with Gasteiger partial charge in [-0.05, 0) is 64.2 Å². The summed E-state index contributed by atoms with van der Waals surface area (Å²) in [7, 11) is 0. The average molecular weight is 367 g/mol. The molecule has 0 unspecified atom stereocenters. The highest BCUT2D eigenvalue weighted by Gasteiger charge is 2.27. The van der Waals surface area contributed by atoms with Gasteiger partial charge < -0.3 is 15.0 Å². The average Bonchev–Trinajstić information content (AvgIpc) is 2.68. The number of likely N-dealkylation sites (tertiary alicyclic amines) is 1. The molecule has 3 aliphatic rings. The summed E-state index contributed by atoms with van der Waals surface area (Å²) in [6, 6.07) is 0.428. The molecule has 0 aromatic carbocycles. The highest BCUT2D eigenvalue weighted by atomic mass is 16.5. The van der Waals surface area contributed by atoms with Gasteiger partial charge in [-0.3, -0.25) is 14.6 Å². The first-order chi connectivity index (χ1) is 12.7. The Morgan fingerprint density at radius 1 is 1.04 bits per heavy atom. The number of carbonyl (C=O) groups is 1. The van der Waals surface area contributed by atoms with Crippen molar-refractivity contribution in [2.75, 3.05) is 72.1 Å². The molecule has 0 aliphatic carbocycles. The third-order valence-electron chi connectivity index (χ3n) is 6.28. The van der Waals surface area contributed by atoms with E-state index in [9.17, 15) is 4.79 Å². The summed E-state index contributed by atoms with van der Waals surface area (Å²) < 4.78 is 5.43. The van der Waals surface area contributed by atoms with Crippen LogP contribution < -0.4 is 5.32 Å². The van der Waals surface area contributed by atoms with Gasteiger partial charge in [0.25, 0.3) is 0 Å². The van der Waals surface area contributed by atoms with Crippen molar-refractivity contribution < 1.29 is 9.53 Å². The van der Waals surface area contributed by atoms with Gasteiger partial charge in [-0.25, -0.2) is 0 Å². The molecule has 0 spiro atoms. The minimum atomic E-state index is 0.355. The maximum atomic E-state index is 13.1. The number of ether oxygens (including phenoxy) is 1. The predicted octanol–water partition coefficient (Wildman–Crippen LogP) is 1.02. The molecule has 3 aliphatic heterocycles. The van der Waals surface area contributed by atoms with Gasteiger partial charge in [-0.15, -0.1) is 0 Å². The minimum Gasteiger partial charge on any atom is -0.379 e. The van der Waals surface area contributed by atoms with Crippen LogP contribution in [0.4, 0.5) is 0 Å². The second-order valence-corrected chi connectivity index (χ2v) is 8.33. The van der Waals surface area contributed by atoms with Gasteiger partial charge in [0, 0.05) is 32.2 Å². The van der Waals surface area contributed by atoms with Crippen LogP contribution in [0.15, 0.2) is 0 Å². The summed E-state index contributed by atoms with van der Waals surface area (Å²) in [5.74, 6) is 1.17. The van der Waals surface area contributed by atoms with Crippen LogP contribution in [0.3, 0.4) is 0 Å². The molecule has 3 saturated heterocycles. The molecule has 0 bridgehead atoms. The number of piperidine rings is 2. The van der Waals surface area contributed by atoms with Gasteiger partial charge in [0.15, 0.2) is 0 Å². The maximum Gasteiger partial charge on any atom is 0.236 e. The second-order valence-electron chi connectivity index (χ2n) is 8.33. The van der Waals surface area contributed by atoms with Crippen molar-refractivity contribution in [3.8, 4) is 0 Å². The molecule has 3 fully saturated rings. The first-order valence-electron chi connectivity index (χ1n) is 10.7. The Bertz CT molecular complexity index is 414. The van der Waals surface area contributed by atoms with Crippen LogP contribution in [0, 0.1) is 5.92 Å². The van der Waals surface area contributed by atoms with Crippen molar-refractivity contribution in [1.29, 1.82) is 0 Å². The molecule has 0 saturated carbocycles. The molecule has 0 aromatic heterocycles. The lowest BCUT2D eigenvalue weighted by Gasteiger charge is -2.38. The fraction of sp³-hybridized carbons (Fsp3) is 0.950. The van der Waals surface area contributed by atoms with Crippen LogP contribution in [0.2, 0.25) is 0 Å². The molecule has 3 rings (SSSR count). The van der Waals surface area contributed by atoms with Crippen molar-refractivity contribution in [2.45, 2.75) is 45.1 Å². The van der Waals surface area contributed by atoms with Crippen LogP contribution in [0.25, 0.3) is 0 Å². The number of hydrogen-bond donors (Lipinski definition) is 1. The van der Waals surface area contributed by atoms with Crippen LogP contribution in [0.5, 0.6) is 0 Å². The Balaban J connectivity index is 1.49. The fourth-order valence-electron chi connectivity index (χ4n) is 4.42. The molecule has 6 nitrogen and oxygen atoms in total. The third-order valence-corrected chi connectivity index (χ3v) is 6.28. The van der Waals surface area contributed by atoms with Crippen molar-refractivity contribution in [3.63, 3.8) is 0 Å². The molecule has 1 amide bonds. The summed E-state index contributed by atoms with van der Waals surface area (Å²) in [5.41, 5.74) is 0. The van der Waals surface area contributed by atoms with E-state index in [0.29, 0.717) is 18.5 Å². The quantitative estimate of drug-likeness (QED) is 0.729. The molecule has 26 heavy (non-hydrogen) atoms. The Morgan fingerprint density at radius 2 is 1.73 bits per heavy atom. The molecule has 0 atom stereocenters. The number of carbonyl (C=O) groups excluding carboxylic acids is 1. The summed E-state index contributed by atoms with van der Waals surface area (Å²) >= 11 is 0. The van der Waals surface area contributed by atoms with Gasteiger partial charge in [0.05, 0.1) is 19.8 Å². The molecule has 0 aromatic rings. The van der Waals surface area contributed by atoms with Crippen LogP contribution in [-0.4, -0.2) is 98.8 Å². The van der Waals surface area contributed by atoms with Crippen LogP contribution >= 0.6 is 0 Å². The van der Waals surface area contributed by atoms with E-state index in [2.05, 4.69) is 26.9 Å². The standard InChI is InChI=1S/C20H38N4O2/c1-18-5-11-23(12-6-18)17-20(25)24(19-3-7-21-8-4-19)10-2-9-22-13-15-26-16-14-22/h18-19,21H,2-17H2,1H3. The first-order valence-corrected chi connectivity index (χ1v) is 10.7. The number of nitrogens with zero attached hydrogens (tertiary/aromatic N) is 3. The zero-order chi connectivity index (χ0) is 18.2. The van der Waals surface area contributed by atoms with Crippen LogP contribution in [0.1, 0.15) is 39.0 Å². The van der Waals surface area contributed by atoms with Crippen molar-refractivity contribution in [3.05, 3.63) is 0 Å². The van der Waals surface area contributed by atoms with Gasteiger partial charge in [0.1, 0.15) is 0 Å².